The van der Waals surface area contributed by atoms with Gasteiger partial charge in [0.25, 0.3) is 0 Å². The van der Waals surface area contributed by atoms with E-state index in [2.05, 4.69) is 54.6 Å². The van der Waals surface area contributed by atoms with Crippen molar-refractivity contribution in [1.82, 2.24) is 9.13 Å². The Kier molecular flexibility index (Phi) is 13.9. The molecule has 0 radical (unpaired) electrons. The van der Waals surface area contributed by atoms with Crippen LogP contribution in [0.3, 0.4) is 0 Å². The molecule has 2 aromatic heterocycles. The summed E-state index contributed by atoms with van der Waals surface area (Å²) in [6.45, 7) is 0. The van der Waals surface area contributed by atoms with E-state index in [0.29, 0.717) is 111 Å². The average Bonchev–Trinajstić information content (AvgIpc) is 1.67. The van der Waals surface area contributed by atoms with Gasteiger partial charge in [0.2, 0.25) is 0 Å². The summed E-state index contributed by atoms with van der Waals surface area (Å²) < 4.78 is 50.1. The minimum atomic E-state index is -4.92. The number of rotatable bonds is 8. The van der Waals surface area contributed by atoms with E-state index in [9.17, 15) is 52.6 Å². The lowest BCUT2D eigenvalue weighted by Gasteiger charge is -2.21. The molecule has 0 aliphatic heterocycles. The molecule has 0 aliphatic rings. The van der Waals surface area contributed by atoms with Gasteiger partial charge < -0.3 is 9.13 Å². The van der Waals surface area contributed by atoms with E-state index < -0.39 is 11.7 Å². The van der Waals surface area contributed by atoms with Gasteiger partial charge in [0.15, 0.2) is 0 Å². The molecular formula is C77H33F3N12. The van der Waals surface area contributed by atoms with Crippen molar-refractivity contribution in [1.29, 1.82) is 52.6 Å². The Balaban J connectivity index is 1.15. The number of halogens is 3. The molecule has 0 atom stereocenters. The van der Waals surface area contributed by atoms with Gasteiger partial charge >= 0.3 is 6.18 Å². The molecule has 0 fully saturated rings. The molecule has 0 aliphatic carbocycles. The average molecular weight is 1180 g/mol. The summed E-state index contributed by atoms with van der Waals surface area (Å²) in [7, 11) is 0. The van der Waals surface area contributed by atoms with Gasteiger partial charge in [-0.05, 0) is 219 Å². The summed E-state index contributed by atoms with van der Waals surface area (Å²) in [5, 5.41) is 104. The van der Waals surface area contributed by atoms with Crippen molar-refractivity contribution in [3.8, 4) is 139 Å². The van der Waals surface area contributed by atoms with E-state index in [0.717, 1.165) is 6.07 Å². The van der Waals surface area contributed by atoms with Gasteiger partial charge in [-0.2, -0.15) is 65.8 Å². The lowest BCUT2D eigenvalue weighted by atomic mass is 9.92. The maximum atomic E-state index is 15.4. The molecule has 0 saturated heterocycles. The van der Waals surface area contributed by atoms with E-state index >= 15 is 13.2 Å². The van der Waals surface area contributed by atoms with Gasteiger partial charge in [-0.1, -0.05) is 36.4 Å². The Morgan fingerprint density at radius 3 is 0.804 bits per heavy atom. The van der Waals surface area contributed by atoms with E-state index in [1.807, 2.05) is 88.0 Å². The number of nitrogens with zero attached hydrogens (tertiary/aromatic N) is 12. The van der Waals surface area contributed by atoms with Crippen LogP contribution in [0.4, 0.5) is 13.2 Å². The number of fused-ring (bicyclic) bond motifs is 6. The Hall–Kier alpha value is -14.3. The topological polar surface area (TPSA) is 248 Å². The number of hydrogen-bond donors (Lipinski definition) is 0. The summed E-state index contributed by atoms with van der Waals surface area (Å²) in [5.74, 6) is 0. The molecule has 0 N–H and O–H groups in total. The van der Waals surface area contributed by atoms with Gasteiger partial charge in [-0.3, -0.25) is 0 Å². The second-order valence-electron chi connectivity index (χ2n) is 21.6. The normalized spacial score (nSPS) is 10.9. The van der Waals surface area contributed by atoms with Gasteiger partial charge in [0.1, 0.15) is 0 Å². The fourth-order valence-corrected chi connectivity index (χ4v) is 12.2. The van der Waals surface area contributed by atoms with Crippen molar-refractivity contribution in [3.05, 3.63) is 261 Å². The van der Waals surface area contributed by atoms with Crippen LogP contribution in [0.1, 0.15) is 61.2 Å². The van der Waals surface area contributed by atoms with Gasteiger partial charge in [-0.15, -0.1) is 0 Å². The van der Waals surface area contributed by atoms with Gasteiger partial charge in [0.05, 0.1) is 155 Å². The van der Waals surface area contributed by atoms with Crippen LogP contribution in [-0.2, 0) is 6.18 Å². The predicted octanol–water partition coefficient (Wildman–Crippen LogP) is 17.6. The molecular weight excluding hydrogens is 1150 g/mol. The molecule has 0 bridgehead atoms. The summed E-state index contributed by atoms with van der Waals surface area (Å²) in [6, 6.07) is 76.5. The van der Waals surface area contributed by atoms with Crippen LogP contribution in [0.15, 0.2) is 200 Å². The number of nitriles is 10. The number of hydrogen-bond acceptors (Lipinski definition) is 10. The largest absolute Gasteiger partial charge is 0.417 e. The first-order valence-corrected chi connectivity index (χ1v) is 28.0. The summed E-state index contributed by atoms with van der Waals surface area (Å²) >= 11 is 0. The van der Waals surface area contributed by atoms with Crippen molar-refractivity contribution < 1.29 is 13.2 Å². The molecule has 422 valence electrons. The first-order chi connectivity index (χ1) is 44.7. The standard InChI is InChI=1S/C77H33F3N12/c78-77(79,80)70-28-45(35-82)1-8-63(70)58-7-14-76(92-74-12-5-56(61-23-50(40-87)17-51(24-61)41-88)31-67(74)68-32-57(6-13-75(68)92)62-25-52(42-89)18-53(26-62)43-90)69(33-58)64-27-44(34-81)2-9-71(64)91-72-10-3-54(59-19-46(36-83)15-47(20-59)37-84)29-65(72)66-30-55(4-11-73(66)91)60-21-48(38-85)16-49(22-60)39-86/h1-33H. The number of aromatic nitrogens is 2. The van der Waals surface area contributed by atoms with Crippen molar-refractivity contribution in [2.75, 3.05) is 0 Å². The molecule has 0 amide bonds. The minimum Gasteiger partial charge on any atom is -0.309 e. The third kappa shape index (κ3) is 9.89. The van der Waals surface area contributed by atoms with Crippen molar-refractivity contribution >= 4 is 43.6 Å². The van der Waals surface area contributed by atoms with Crippen LogP contribution in [0.25, 0.3) is 122 Å². The van der Waals surface area contributed by atoms with Gasteiger partial charge in [0, 0.05) is 32.7 Å². The molecule has 92 heavy (non-hydrogen) atoms. The molecule has 0 unspecified atom stereocenters. The van der Waals surface area contributed by atoms with E-state index in [-0.39, 0.29) is 66.8 Å². The third-order valence-corrected chi connectivity index (χ3v) is 16.3. The highest BCUT2D eigenvalue weighted by Crippen LogP contribution is 2.47. The first-order valence-electron chi connectivity index (χ1n) is 28.0. The number of benzene rings is 11. The molecule has 15 heteroatoms. The Morgan fingerprint density at radius 1 is 0.228 bits per heavy atom. The van der Waals surface area contributed by atoms with E-state index in [4.69, 9.17) is 0 Å². The Bertz CT molecular complexity index is 5510. The molecule has 13 rings (SSSR count). The summed E-state index contributed by atoms with van der Waals surface area (Å²) in [4.78, 5) is 0. The smallest absolute Gasteiger partial charge is 0.309 e. The van der Waals surface area contributed by atoms with Crippen LogP contribution in [0.2, 0.25) is 0 Å². The van der Waals surface area contributed by atoms with Crippen LogP contribution >= 0.6 is 0 Å². The van der Waals surface area contributed by atoms with Crippen LogP contribution in [-0.4, -0.2) is 9.13 Å². The maximum Gasteiger partial charge on any atom is 0.417 e. The predicted molar refractivity (Wildman–Crippen MR) is 340 cm³/mol. The van der Waals surface area contributed by atoms with Crippen molar-refractivity contribution in [3.63, 3.8) is 0 Å². The van der Waals surface area contributed by atoms with E-state index in [1.165, 1.54) is 36.4 Å². The van der Waals surface area contributed by atoms with Crippen molar-refractivity contribution in [2.45, 2.75) is 6.18 Å². The second-order valence-corrected chi connectivity index (χ2v) is 21.6. The Labute approximate surface area is 522 Å². The Morgan fingerprint density at radius 2 is 0.500 bits per heavy atom. The monoisotopic (exact) mass is 1180 g/mol. The molecule has 0 spiro atoms. The first kappa shape index (κ1) is 56.8. The quantitative estimate of drug-likeness (QED) is 0.139. The maximum absolute atomic E-state index is 15.4. The number of alkyl halides is 3. The van der Waals surface area contributed by atoms with Gasteiger partial charge in [-0.25, -0.2) is 0 Å². The van der Waals surface area contributed by atoms with Crippen LogP contribution in [0.5, 0.6) is 0 Å². The molecule has 13 aromatic rings. The SMILES string of the molecule is N#Cc1cc(C#N)cc(-c2ccc3c(c2)c2cc(-c4cc(C#N)cc(C#N)c4)ccc2n3-c2ccc(C#N)cc2-c2cc(-c3ccc(C#N)cc3C(F)(F)F)ccc2-n2c3ccc(-c4cc(C#N)cc(C#N)c4)cc3c3cc(-c4cc(C#N)cc(C#N)c4)ccc32)c1. The van der Waals surface area contributed by atoms with Crippen LogP contribution < -0.4 is 0 Å². The highest BCUT2D eigenvalue weighted by molar-refractivity contribution is 6.14. The fraction of sp³-hybridized carbons (Fsp3) is 0.0130. The second kappa shape index (κ2) is 22.5. The molecule has 11 aromatic carbocycles. The molecule has 2 heterocycles. The summed E-state index contributed by atoms with van der Waals surface area (Å²) in [6.07, 6.45) is -4.92. The lowest BCUT2D eigenvalue weighted by Crippen LogP contribution is -2.08. The molecule has 0 saturated carbocycles. The highest BCUT2D eigenvalue weighted by atomic mass is 19.4. The zero-order chi connectivity index (χ0) is 64.1. The third-order valence-electron chi connectivity index (χ3n) is 16.3. The lowest BCUT2D eigenvalue weighted by molar-refractivity contribution is -0.137. The minimum absolute atomic E-state index is 0.111. The zero-order valence-corrected chi connectivity index (χ0v) is 47.6. The van der Waals surface area contributed by atoms with Crippen LogP contribution in [0, 0.1) is 113 Å². The molecule has 12 nitrogen and oxygen atoms in total. The fourth-order valence-electron chi connectivity index (χ4n) is 12.2. The highest BCUT2D eigenvalue weighted by Gasteiger charge is 2.35. The zero-order valence-electron chi connectivity index (χ0n) is 47.6. The van der Waals surface area contributed by atoms with E-state index in [1.54, 1.807) is 84.9 Å². The summed E-state index contributed by atoms with van der Waals surface area (Å²) in [5.41, 5.74) is 9.84. The van der Waals surface area contributed by atoms with Crippen molar-refractivity contribution in [2.24, 2.45) is 0 Å².